The summed E-state index contributed by atoms with van der Waals surface area (Å²) in [5, 5.41) is 11.2. The van der Waals surface area contributed by atoms with Crippen LogP contribution in [0.25, 0.3) is 0 Å². The van der Waals surface area contributed by atoms with Gasteiger partial charge in [0.15, 0.2) is 5.84 Å². The van der Waals surface area contributed by atoms with Gasteiger partial charge in [0.05, 0.1) is 5.69 Å². The van der Waals surface area contributed by atoms with Gasteiger partial charge in [0.2, 0.25) is 0 Å². The maximum Gasteiger partial charge on any atom is 0.299 e. The summed E-state index contributed by atoms with van der Waals surface area (Å²) in [6.45, 7) is 0. The molecule has 2 rings (SSSR count). The molecular weight excluding hydrogens is 275 g/mol. The Morgan fingerprint density at radius 1 is 1.47 bits per heavy atom. The summed E-state index contributed by atoms with van der Waals surface area (Å²) < 4.78 is 41.3. The van der Waals surface area contributed by atoms with Gasteiger partial charge in [-0.2, -0.15) is 13.1 Å². The monoisotopic (exact) mass is 288 g/mol. The first-order chi connectivity index (χ1) is 8.91. The highest BCUT2D eigenvalue weighted by atomic mass is 32.2. The lowest BCUT2D eigenvalue weighted by molar-refractivity contribution is 0.318. The molecule has 9 heteroatoms. The van der Waals surface area contributed by atoms with Crippen molar-refractivity contribution in [3.8, 4) is 0 Å². The lowest BCUT2D eigenvalue weighted by Crippen LogP contribution is -2.32. The van der Waals surface area contributed by atoms with Crippen LogP contribution in [0.15, 0.2) is 23.4 Å². The largest absolute Gasteiger partial charge is 0.409 e. The van der Waals surface area contributed by atoms with Crippen LogP contribution in [0, 0.1) is 5.82 Å². The van der Waals surface area contributed by atoms with Gasteiger partial charge < -0.3 is 10.9 Å². The number of hydrogen-bond donors (Lipinski definition) is 4. The van der Waals surface area contributed by atoms with Crippen molar-refractivity contribution in [2.45, 2.75) is 18.9 Å². The summed E-state index contributed by atoms with van der Waals surface area (Å²) in [5.74, 6) is -1.07. The Morgan fingerprint density at radius 3 is 2.68 bits per heavy atom. The third-order valence-electron chi connectivity index (χ3n) is 2.52. The van der Waals surface area contributed by atoms with E-state index in [1.165, 1.54) is 12.1 Å². The zero-order valence-electron chi connectivity index (χ0n) is 9.80. The number of hydrogen-bond acceptors (Lipinski definition) is 4. The molecule has 0 amide bonds. The van der Waals surface area contributed by atoms with E-state index in [1.54, 1.807) is 0 Å². The van der Waals surface area contributed by atoms with E-state index in [0.717, 1.165) is 18.9 Å². The molecule has 1 aromatic carbocycles. The van der Waals surface area contributed by atoms with Crippen LogP contribution in [0.3, 0.4) is 0 Å². The zero-order valence-corrected chi connectivity index (χ0v) is 10.6. The second-order valence-electron chi connectivity index (χ2n) is 4.18. The molecule has 0 spiro atoms. The van der Waals surface area contributed by atoms with Crippen molar-refractivity contribution < 1.29 is 18.0 Å². The second kappa shape index (κ2) is 5.02. The first-order valence-electron chi connectivity index (χ1n) is 5.49. The fraction of sp³-hybridized carbons (Fsp3) is 0.300. The van der Waals surface area contributed by atoms with Crippen molar-refractivity contribution >= 4 is 21.7 Å². The Bertz CT molecular complexity index is 613. The van der Waals surface area contributed by atoms with Gasteiger partial charge in [0.25, 0.3) is 10.2 Å². The molecule has 7 nitrogen and oxygen atoms in total. The standard InChI is InChI=1S/C10H13FN4O3S/c11-8-5-6(10(12)13-16)1-4-9(8)15-19(17,18)14-7-2-3-7/h1,4-5,7,14-16H,2-3H2,(H2,12,13). The summed E-state index contributed by atoms with van der Waals surface area (Å²) in [7, 11) is -3.78. The number of nitrogens with two attached hydrogens (primary N) is 1. The summed E-state index contributed by atoms with van der Waals surface area (Å²) in [6.07, 6.45) is 1.57. The second-order valence-corrected chi connectivity index (χ2v) is 5.62. The van der Waals surface area contributed by atoms with Gasteiger partial charge >= 0.3 is 0 Å². The summed E-state index contributed by atoms with van der Waals surface area (Å²) in [4.78, 5) is 0. The number of amidine groups is 1. The lowest BCUT2D eigenvalue weighted by atomic mass is 10.2. The first kappa shape index (κ1) is 13.6. The quantitative estimate of drug-likeness (QED) is 0.270. The van der Waals surface area contributed by atoms with Crippen molar-refractivity contribution in [3.05, 3.63) is 29.6 Å². The van der Waals surface area contributed by atoms with Crippen molar-refractivity contribution in [1.29, 1.82) is 0 Å². The average Bonchev–Trinajstić information content (AvgIpc) is 3.13. The van der Waals surface area contributed by atoms with Gasteiger partial charge in [-0.15, -0.1) is 0 Å². The highest BCUT2D eigenvalue weighted by Crippen LogP contribution is 2.21. The summed E-state index contributed by atoms with van der Waals surface area (Å²) in [5.41, 5.74) is 5.24. The average molecular weight is 288 g/mol. The minimum atomic E-state index is -3.78. The molecule has 0 saturated heterocycles. The number of benzene rings is 1. The minimum Gasteiger partial charge on any atom is -0.409 e. The molecule has 1 aliphatic carbocycles. The van der Waals surface area contributed by atoms with Gasteiger partial charge in [-0.25, -0.2) is 4.39 Å². The molecule has 1 fully saturated rings. The molecule has 0 heterocycles. The molecule has 0 aliphatic heterocycles. The Kier molecular flexibility index (Phi) is 3.58. The molecule has 0 aromatic heterocycles. The lowest BCUT2D eigenvalue weighted by Gasteiger charge is -2.10. The fourth-order valence-corrected chi connectivity index (χ4v) is 2.60. The normalized spacial score (nSPS) is 16.4. The molecule has 0 radical (unpaired) electrons. The maximum atomic E-state index is 13.7. The summed E-state index contributed by atoms with van der Waals surface area (Å²) >= 11 is 0. The Balaban J connectivity index is 2.17. The number of rotatable bonds is 5. The van der Waals surface area contributed by atoms with Gasteiger partial charge in [0.1, 0.15) is 5.82 Å². The molecule has 1 aromatic rings. The van der Waals surface area contributed by atoms with E-state index in [9.17, 15) is 12.8 Å². The van der Waals surface area contributed by atoms with Crippen LogP contribution in [0.2, 0.25) is 0 Å². The van der Waals surface area contributed by atoms with Crippen molar-refractivity contribution in [3.63, 3.8) is 0 Å². The summed E-state index contributed by atoms with van der Waals surface area (Å²) in [6, 6.07) is 3.45. The predicted octanol–water partition coefficient (Wildman–Crippen LogP) is 0.329. The van der Waals surface area contributed by atoms with Gasteiger partial charge in [-0.1, -0.05) is 5.16 Å². The van der Waals surface area contributed by atoms with Crippen molar-refractivity contribution in [1.82, 2.24) is 4.72 Å². The van der Waals surface area contributed by atoms with E-state index in [1.807, 2.05) is 0 Å². The molecule has 0 unspecified atom stereocenters. The Labute approximate surface area is 109 Å². The molecule has 0 atom stereocenters. The van der Waals surface area contributed by atoms with Crippen LogP contribution in [0.5, 0.6) is 0 Å². The highest BCUT2D eigenvalue weighted by Gasteiger charge is 2.27. The van der Waals surface area contributed by atoms with E-state index < -0.39 is 16.0 Å². The van der Waals surface area contributed by atoms with Crippen LogP contribution in [-0.4, -0.2) is 25.5 Å². The van der Waals surface area contributed by atoms with Gasteiger partial charge in [-0.3, -0.25) is 4.72 Å². The minimum absolute atomic E-state index is 0.0722. The molecule has 104 valence electrons. The molecule has 1 saturated carbocycles. The molecule has 19 heavy (non-hydrogen) atoms. The third kappa shape index (κ3) is 3.55. The van der Waals surface area contributed by atoms with E-state index in [2.05, 4.69) is 14.6 Å². The van der Waals surface area contributed by atoms with Crippen molar-refractivity contribution in [2.75, 3.05) is 4.72 Å². The molecule has 1 aliphatic rings. The number of nitrogens with zero attached hydrogens (tertiary/aromatic N) is 1. The Hall–Kier alpha value is -1.87. The van der Waals surface area contributed by atoms with Crippen molar-refractivity contribution in [2.24, 2.45) is 10.9 Å². The van der Waals surface area contributed by atoms with Gasteiger partial charge in [0, 0.05) is 11.6 Å². The Morgan fingerprint density at radius 2 is 2.16 bits per heavy atom. The number of halogens is 1. The fourth-order valence-electron chi connectivity index (χ4n) is 1.41. The van der Waals surface area contributed by atoms with Crippen LogP contribution in [0.1, 0.15) is 18.4 Å². The number of oxime groups is 1. The highest BCUT2D eigenvalue weighted by molar-refractivity contribution is 7.90. The predicted molar refractivity (Wildman–Crippen MR) is 67.6 cm³/mol. The van der Waals surface area contributed by atoms with E-state index in [0.29, 0.717) is 0 Å². The van der Waals surface area contributed by atoms with Crippen LogP contribution in [0.4, 0.5) is 10.1 Å². The maximum absolute atomic E-state index is 13.7. The molecule has 0 bridgehead atoms. The van der Waals surface area contributed by atoms with Crippen LogP contribution < -0.4 is 15.2 Å². The van der Waals surface area contributed by atoms with E-state index >= 15 is 0 Å². The number of anilines is 1. The van der Waals surface area contributed by atoms with Crippen LogP contribution >= 0.6 is 0 Å². The third-order valence-corrected chi connectivity index (χ3v) is 3.65. The van der Waals surface area contributed by atoms with Crippen LogP contribution in [-0.2, 0) is 10.2 Å². The smallest absolute Gasteiger partial charge is 0.299 e. The topological polar surface area (TPSA) is 117 Å². The molecular formula is C10H13FN4O3S. The van der Waals surface area contributed by atoms with Gasteiger partial charge in [-0.05, 0) is 31.0 Å². The number of nitrogens with one attached hydrogen (secondary N) is 2. The first-order valence-corrected chi connectivity index (χ1v) is 6.97. The molecule has 5 N–H and O–H groups in total. The SMILES string of the molecule is N/C(=N/O)c1ccc(NS(=O)(=O)NC2CC2)c(F)c1. The zero-order chi connectivity index (χ0) is 14.0. The van der Waals surface area contributed by atoms with E-state index in [4.69, 9.17) is 10.9 Å². The van der Waals surface area contributed by atoms with E-state index in [-0.39, 0.29) is 23.1 Å².